The molecule has 0 aliphatic heterocycles. The van der Waals surface area contributed by atoms with E-state index in [2.05, 4.69) is 66.6 Å². The van der Waals surface area contributed by atoms with Crippen molar-refractivity contribution in [3.8, 4) is 6.01 Å². The minimum absolute atomic E-state index is 0.0326. The lowest BCUT2D eigenvalue weighted by molar-refractivity contribution is 0.194. The fourth-order valence-electron chi connectivity index (χ4n) is 5.67. The van der Waals surface area contributed by atoms with Crippen molar-refractivity contribution in [2.24, 2.45) is 5.92 Å². The maximum Gasteiger partial charge on any atom is 0.320 e. The molecule has 0 bridgehead atoms. The lowest BCUT2D eigenvalue weighted by Gasteiger charge is -2.37. The predicted octanol–water partition coefficient (Wildman–Crippen LogP) is 6.06. The average Bonchev–Trinajstić information content (AvgIpc) is 2.91. The monoisotopic (exact) mass is 493 g/mol. The van der Waals surface area contributed by atoms with E-state index in [9.17, 15) is 10.2 Å². The summed E-state index contributed by atoms with van der Waals surface area (Å²) >= 11 is 0. The summed E-state index contributed by atoms with van der Waals surface area (Å²) in [6, 6.07) is 6.72. The number of rotatable bonds is 8. The van der Waals surface area contributed by atoms with Gasteiger partial charge in [0.1, 0.15) is 11.6 Å². The molecule has 4 aliphatic rings. The smallest absolute Gasteiger partial charge is 0.320 e. The van der Waals surface area contributed by atoms with E-state index in [0.29, 0.717) is 18.3 Å². The summed E-state index contributed by atoms with van der Waals surface area (Å²) in [5.74, 6) is 0.823. The minimum Gasteiger partial charge on any atom is -0.508 e. The number of aliphatic hydroxyl groups excluding tert-OH is 2. The van der Waals surface area contributed by atoms with Gasteiger partial charge in [-0.15, -0.1) is 0 Å². The molecule has 2 N–H and O–H groups in total. The van der Waals surface area contributed by atoms with Gasteiger partial charge < -0.3 is 14.9 Å². The Bertz CT molecular complexity index is 1400. The van der Waals surface area contributed by atoms with Gasteiger partial charge in [0, 0.05) is 17.4 Å². The van der Waals surface area contributed by atoms with Crippen LogP contribution in [0.5, 0.6) is 6.01 Å². The van der Waals surface area contributed by atoms with E-state index in [4.69, 9.17) is 14.7 Å². The second kappa shape index (κ2) is 9.94. The molecule has 1 aromatic carbocycles. The highest BCUT2D eigenvalue weighted by Gasteiger charge is 2.37. The first-order valence-corrected chi connectivity index (χ1v) is 13.2. The zero-order valence-electron chi connectivity index (χ0n) is 20.9. The Hall–Kier alpha value is -3.77. The fraction of sp³-hybridized carbons (Fsp3) is 0.323. The number of unbranched alkanes of at least 4 members (excludes halogenated alkanes) is 3. The Morgan fingerprint density at radius 1 is 0.892 bits per heavy atom. The third-order valence-corrected chi connectivity index (χ3v) is 7.56. The molecule has 6 nitrogen and oxygen atoms in total. The average molecular weight is 494 g/mol. The summed E-state index contributed by atoms with van der Waals surface area (Å²) in [5.41, 5.74) is 6.15. The number of hydrogen-bond donors (Lipinski definition) is 2. The van der Waals surface area contributed by atoms with Crippen LogP contribution in [0, 0.1) is 5.92 Å². The summed E-state index contributed by atoms with van der Waals surface area (Å²) in [6.45, 7) is 2.71. The van der Waals surface area contributed by atoms with Crippen LogP contribution < -0.4 is 4.74 Å². The molecule has 4 unspecified atom stereocenters. The second-order valence-electron chi connectivity index (χ2n) is 10.0. The zero-order valence-corrected chi connectivity index (χ0v) is 20.9. The lowest BCUT2D eigenvalue weighted by Crippen LogP contribution is -2.25. The van der Waals surface area contributed by atoms with Crippen molar-refractivity contribution in [1.29, 1.82) is 0 Å². The van der Waals surface area contributed by atoms with Crippen molar-refractivity contribution in [2.75, 3.05) is 6.61 Å². The molecule has 188 valence electrons. The first kappa shape index (κ1) is 23.6. The predicted molar refractivity (Wildman–Crippen MR) is 145 cm³/mol. The summed E-state index contributed by atoms with van der Waals surface area (Å²) in [5, 5.41) is 20.5. The van der Waals surface area contributed by atoms with Crippen molar-refractivity contribution >= 4 is 17.7 Å². The summed E-state index contributed by atoms with van der Waals surface area (Å²) in [6.07, 6.45) is 21.2. The van der Waals surface area contributed by atoms with Crippen LogP contribution in [0.4, 0.5) is 0 Å². The molecule has 4 aliphatic carbocycles. The van der Waals surface area contributed by atoms with Crippen LogP contribution in [0.2, 0.25) is 0 Å². The fourth-order valence-corrected chi connectivity index (χ4v) is 5.67. The Labute approximate surface area is 217 Å². The zero-order chi connectivity index (χ0) is 25.4. The van der Waals surface area contributed by atoms with Gasteiger partial charge in [-0.1, -0.05) is 86.9 Å². The van der Waals surface area contributed by atoms with Gasteiger partial charge in [0.25, 0.3) is 0 Å². The molecule has 0 saturated heterocycles. The highest BCUT2D eigenvalue weighted by Crippen LogP contribution is 2.51. The van der Waals surface area contributed by atoms with Crippen molar-refractivity contribution in [2.45, 2.75) is 50.5 Å². The van der Waals surface area contributed by atoms with Gasteiger partial charge in [-0.2, -0.15) is 9.97 Å². The van der Waals surface area contributed by atoms with Crippen LogP contribution in [-0.2, 0) is 0 Å². The third-order valence-electron chi connectivity index (χ3n) is 7.56. The molecule has 6 heteroatoms. The molecule has 0 fully saturated rings. The highest BCUT2D eigenvalue weighted by atomic mass is 16.5. The number of hydrogen-bond acceptors (Lipinski definition) is 6. The first-order chi connectivity index (χ1) is 18.1. The molecule has 37 heavy (non-hydrogen) atoms. The summed E-state index contributed by atoms with van der Waals surface area (Å²) < 4.78 is 6.01. The Morgan fingerprint density at radius 2 is 1.73 bits per heavy atom. The molecule has 0 amide bonds. The van der Waals surface area contributed by atoms with Crippen molar-refractivity contribution < 1.29 is 14.9 Å². The van der Waals surface area contributed by atoms with E-state index in [-0.39, 0.29) is 23.6 Å². The molecule has 1 heterocycles. The van der Waals surface area contributed by atoms with Crippen LogP contribution in [0.1, 0.15) is 72.8 Å². The lowest BCUT2D eigenvalue weighted by atomic mass is 9.66. The molecular weight excluding hydrogens is 462 g/mol. The number of nitrogens with zero attached hydrogens (tertiary/aromatic N) is 3. The topological polar surface area (TPSA) is 88.4 Å². The van der Waals surface area contributed by atoms with Gasteiger partial charge in [0.15, 0.2) is 5.82 Å². The van der Waals surface area contributed by atoms with Gasteiger partial charge in [0.05, 0.1) is 18.6 Å². The van der Waals surface area contributed by atoms with Crippen molar-refractivity contribution in [3.63, 3.8) is 0 Å². The Balaban J connectivity index is 1.38. The molecule has 0 spiro atoms. The highest BCUT2D eigenvalue weighted by molar-refractivity contribution is 5.81. The van der Waals surface area contributed by atoms with E-state index < -0.39 is 12.0 Å². The van der Waals surface area contributed by atoms with Gasteiger partial charge >= 0.3 is 6.01 Å². The first-order valence-electron chi connectivity index (χ1n) is 13.2. The largest absolute Gasteiger partial charge is 0.508 e. The Morgan fingerprint density at radius 3 is 2.57 bits per heavy atom. The number of benzene rings is 1. The standard InChI is InChI=1S/C31H31N3O3/c1-2-3-4-5-17-37-31-33-29(32-30(34-31)25-16-13-22(35)18-26(25)36)24-15-12-21-10-9-19-7-6-8-20-11-14-23(24)28(21)27(19)20/h6-16,18,23,25-26,28,35-36H,2-5,17H2,1H3. The molecule has 0 saturated carbocycles. The van der Waals surface area contributed by atoms with E-state index in [1.54, 1.807) is 12.2 Å². The third kappa shape index (κ3) is 4.46. The molecule has 1 aromatic heterocycles. The van der Waals surface area contributed by atoms with E-state index in [1.807, 2.05) is 0 Å². The van der Waals surface area contributed by atoms with Crippen LogP contribution in [0.25, 0.3) is 17.7 Å². The number of ether oxygens (including phenoxy) is 1. The summed E-state index contributed by atoms with van der Waals surface area (Å²) in [7, 11) is 0. The van der Waals surface area contributed by atoms with E-state index >= 15 is 0 Å². The van der Waals surface area contributed by atoms with Gasteiger partial charge in [-0.3, -0.25) is 0 Å². The van der Waals surface area contributed by atoms with Crippen LogP contribution >= 0.6 is 0 Å². The van der Waals surface area contributed by atoms with Gasteiger partial charge in [0.2, 0.25) is 0 Å². The van der Waals surface area contributed by atoms with Gasteiger partial charge in [-0.25, -0.2) is 4.98 Å². The molecular formula is C31H31N3O3. The molecule has 0 radical (unpaired) electrons. The molecule has 2 aromatic rings. The second-order valence-corrected chi connectivity index (χ2v) is 10.0. The normalized spacial score (nSPS) is 24.8. The molecule has 4 atom stereocenters. The van der Waals surface area contributed by atoms with Crippen LogP contribution in [0.15, 0.2) is 72.1 Å². The molecule has 6 rings (SSSR count). The maximum absolute atomic E-state index is 10.7. The Kier molecular flexibility index (Phi) is 6.35. The SMILES string of the molecule is CCCCCCOc1nc(C2=CC=C3C=Cc4cccc5c4C3C2C=C5)nc(C2C=CC(O)=CC2O)n1. The van der Waals surface area contributed by atoms with Crippen LogP contribution in [-0.4, -0.2) is 37.9 Å². The van der Waals surface area contributed by atoms with Crippen LogP contribution in [0.3, 0.4) is 0 Å². The quantitative estimate of drug-likeness (QED) is 0.434. The van der Waals surface area contributed by atoms with Crippen molar-refractivity contribution in [3.05, 3.63) is 100 Å². The number of aliphatic hydroxyl groups is 2. The summed E-state index contributed by atoms with van der Waals surface area (Å²) in [4.78, 5) is 14.2. The van der Waals surface area contributed by atoms with E-state index in [1.165, 1.54) is 34.8 Å². The minimum atomic E-state index is -0.933. The number of allylic oxidation sites excluding steroid dienone is 7. The van der Waals surface area contributed by atoms with E-state index in [0.717, 1.165) is 24.8 Å². The maximum atomic E-state index is 10.7. The van der Waals surface area contributed by atoms with Crippen molar-refractivity contribution in [1.82, 2.24) is 15.0 Å². The van der Waals surface area contributed by atoms with Gasteiger partial charge in [-0.05, 0) is 40.8 Å². The number of aromatic nitrogens is 3.